The first kappa shape index (κ1) is 8.87. The molecule has 0 saturated carbocycles. The topological polar surface area (TPSA) is 0 Å². The van der Waals surface area contributed by atoms with Crippen molar-refractivity contribution in [2.24, 2.45) is 0 Å². The normalized spacial score (nSPS) is 4.50. The van der Waals surface area contributed by atoms with E-state index < -0.39 is 0 Å². The molecule has 0 heterocycles. The van der Waals surface area contributed by atoms with Crippen LogP contribution in [0.15, 0.2) is 0 Å². The summed E-state index contributed by atoms with van der Waals surface area (Å²) in [4.78, 5) is 0. The first-order valence-electron chi connectivity index (χ1n) is 1.15. The molecule has 0 nitrogen and oxygen atoms in total. The van der Waals surface area contributed by atoms with Gasteiger partial charge in [-0.25, -0.2) is 0 Å². The summed E-state index contributed by atoms with van der Waals surface area (Å²) in [6.07, 6.45) is 0. The molecule has 1 radical (unpaired) electrons. The third-order valence-corrected chi connectivity index (χ3v) is 0. The molecule has 0 aromatic heterocycles. The van der Waals surface area contributed by atoms with Crippen LogP contribution in [0.2, 0.25) is 13.1 Å². The zero-order chi connectivity index (χ0) is 2.71. The number of rotatable bonds is 0. The molecule has 0 saturated heterocycles. The quantitative estimate of drug-likeness (QED) is 0.396. The molecule has 0 atom stereocenters. The van der Waals surface area contributed by atoms with Crippen LogP contribution in [0.3, 0.4) is 0 Å². The number of hydrogen-bond donors (Lipinski definition) is 0. The van der Waals surface area contributed by atoms with Gasteiger partial charge in [-0.15, -0.1) is 0 Å². The standard InChI is InChI=1S/C2H7Si.Ti/c1-3-2;/h3H,1-2H3;. The summed E-state index contributed by atoms with van der Waals surface area (Å²) in [6, 6.07) is 0. The summed E-state index contributed by atoms with van der Waals surface area (Å²) in [7, 11) is 0.750. The molecule has 0 aromatic rings. The van der Waals surface area contributed by atoms with Gasteiger partial charge in [-0.05, 0) is 0 Å². The van der Waals surface area contributed by atoms with Gasteiger partial charge in [0.25, 0.3) is 0 Å². The summed E-state index contributed by atoms with van der Waals surface area (Å²) in [6.45, 7) is 4.42. The monoisotopic (exact) mass is 107 g/mol. The molecule has 4 heavy (non-hydrogen) atoms. The van der Waals surface area contributed by atoms with Gasteiger partial charge in [-0.1, -0.05) is 13.1 Å². The summed E-state index contributed by atoms with van der Waals surface area (Å²) in [5.74, 6) is 0. The molecule has 0 unspecified atom stereocenters. The molecular weight excluding hydrogens is 100.0 g/mol. The van der Waals surface area contributed by atoms with E-state index in [2.05, 4.69) is 13.1 Å². The summed E-state index contributed by atoms with van der Waals surface area (Å²) >= 11 is 0. The van der Waals surface area contributed by atoms with Crippen LogP contribution in [0.25, 0.3) is 0 Å². The second-order valence-electron chi connectivity index (χ2n) is 0.577. The van der Waals surface area contributed by atoms with Gasteiger partial charge in [0.1, 0.15) is 0 Å². The van der Waals surface area contributed by atoms with Crippen molar-refractivity contribution in [2.75, 3.05) is 0 Å². The predicted molar refractivity (Wildman–Crippen MR) is 18.9 cm³/mol. The van der Waals surface area contributed by atoms with Crippen LogP contribution in [0.4, 0.5) is 0 Å². The SMILES string of the molecule is C[SiH]C.[Ti]. The van der Waals surface area contributed by atoms with Crippen molar-refractivity contribution >= 4 is 9.52 Å². The first-order chi connectivity index (χ1) is 1.41. The first-order valence-corrected chi connectivity index (χ1v) is 3.46. The smallest absolute Gasteiger partial charge is 0.0213 e. The van der Waals surface area contributed by atoms with Crippen LogP contribution < -0.4 is 0 Å². The second-order valence-corrected chi connectivity index (χ2v) is 1.73. The van der Waals surface area contributed by atoms with Crippen LogP contribution in [-0.2, 0) is 21.7 Å². The van der Waals surface area contributed by atoms with E-state index >= 15 is 0 Å². The van der Waals surface area contributed by atoms with Gasteiger partial charge in [0.05, 0.1) is 0 Å². The Kier molecular flexibility index (Phi) is 20.1. The van der Waals surface area contributed by atoms with E-state index in [1.165, 1.54) is 0 Å². The van der Waals surface area contributed by atoms with Crippen LogP contribution in [0, 0.1) is 0 Å². The van der Waals surface area contributed by atoms with Gasteiger partial charge in [0.15, 0.2) is 0 Å². The van der Waals surface area contributed by atoms with E-state index in [1.807, 2.05) is 0 Å². The molecule has 0 amide bonds. The van der Waals surface area contributed by atoms with Gasteiger partial charge in [0.2, 0.25) is 0 Å². The molecule has 0 fully saturated rings. The van der Waals surface area contributed by atoms with Crippen LogP contribution in [-0.4, -0.2) is 9.52 Å². The molecule has 0 aliphatic carbocycles. The largest absolute Gasteiger partial charge is 0.0743 e. The van der Waals surface area contributed by atoms with E-state index in [1.54, 1.807) is 0 Å². The Morgan fingerprint density at radius 2 is 1.25 bits per heavy atom. The average molecular weight is 107 g/mol. The minimum atomic E-state index is 0. The van der Waals surface area contributed by atoms with Crippen molar-refractivity contribution in [3.63, 3.8) is 0 Å². The maximum absolute atomic E-state index is 2.21. The molecule has 0 spiro atoms. The molecule has 0 aliphatic rings. The molecule has 2 heteroatoms. The van der Waals surface area contributed by atoms with Crippen molar-refractivity contribution in [3.05, 3.63) is 0 Å². The minimum Gasteiger partial charge on any atom is -0.0743 e. The van der Waals surface area contributed by atoms with Crippen molar-refractivity contribution < 1.29 is 21.7 Å². The van der Waals surface area contributed by atoms with E-state index in [-0.39, 0.29) is 21.7 Å². The Bertz CT molecular complexity index is 6.00. The zero-order valence-corrected chi connectivity index (χ0v) is 5.79. The maximum Gasteiger partial charge on any atom is 0.0213 e. The average Bonchev–Trinajstić information content (AvgIpc) is 0.918. The Balaban J connectivity index is 0. The van der Waals surface area contributed by atoms with E-state index in [0.29, 0.717) is 0 Å². The summed E-state index contributed by atoms with van der Waals surface area (Å²) < 4.78 is 0. The molecule has 0 bridgehead atoms. The van der Waals surface area contributed by atoms with Crippen LogP contribution in [0.5, 0.6) is 0 Å². The van der Waals surface area contributed by atoms with Crippen molar-refractivity contribution in [2.45, 2.75) is 13.1 Å². The zero-order valence-electron chi connectivity index (χ0n) is 3.08. The van der Waals surface area contributed by atoms with Gasteiger partial charge in [0, 0.05) is 31.2 Å². The van der Waals surface area contributed by atoms with E-state index in [9.17, 15) is 0 Å². The van der Waals surface area contributed by atoms with Gasteiger partial charge < -0.3 is 0 Å². The van der Waals surface area contributed by atoms with E-state index in [4.69, 9.17) is 0 Å². The molecule has 0 rings (SSSR count). The summed E-state index contributed by atoms with van der Waals surface area (Å²) in [5, 5.41) is 0. The fourth-order valence-corrected chi connectivity index (χ4v) is 0. The predicted octanol–water partition coefficient (Wildman–Crippen LogP) is 0.517. The van der Waals surface area contributed by atoms with Crippen molar-refractivity contribution in [1.82, 2.24) is 0 Å². The minimum absolute atomic E-state index is 0. The van der Waals surface area contributed by atoms with Gasteiger partial charge in [-0.2, -0.15) is 0 Å². The Morgan fingerprint density at radius 3 is 1.25 bits per heavy atom. The van der Waals surface area contributed by atoms with Gasteiger partial charge in [-0.3, -0.25) is 0 Å². The van der Waals surface area contributed by atoms with Gasteiger partial charge >= 0.3 is 0 Å². The Morgan fingerprint density at radius 1 is 1.25 bits per heavy atom. The molecule has 23 valence electrons. The van der Waals surface area contributed by atoms with Crippen LogP contribution in [0.1, 0.15) is 0 Å². The van der Waals surface area contributed by atoms with E-state index in [0.717, 1.165) is 9.52 Å². The molecule has 0 N–H and O–H groups in total. The van der Waals surface area contributed by atoms with Crippen LogP contribution >= 0.6 is 0 Å². The number of hydrogen-bond acceptors (Lipinski definition) is 0. The third-order valence-electron chi connectivity index (χ3n) is 0. The molecule has 0 aliphatic heterocycles. The summed E-state index contributed by atoms with van der Waals surface area (Å²) in [5.41, 5.74) is 0. The van der Waals surface area contributed by atoms with Crippen molar-refractivity contribution in [1.29, 1.82) is 0 Å². The van der Waals surface area contributed by atoms with Crippen molar-refractivity contribution in [3.8, 4) is 0 Å². The maximum atomic E-state index is 2.21. The fraction of sp³-hybridized carbons (Fsp3) is 1.00. The fourth-order valence-electron chi connectivity index (χ4n) is 0. The molecular formula is C2H7SiTi. The third kappa shape index (κ3) is 12.6. The second kappa shape index (κ2) is 9.06. The Labute approximate surface area is 44.7 Å². The molecule has 0 aromatic carbocycles. The Hall–Kier alpha value is 0.931.